The van der Waals surface area contributed by atoms with Crippen molar-refractivity contribution >= 4 is 23.7 Å². The lowest BCUT2D eigenvalue weighted by atomic mass is 10.2. The predicted molar refractivity (Wildman–Crippen MR) is 79.2 cm³/mol. The van der Waals surface area contributed by atoms with Crippen LogP contribution in [0.15, 0.2) is 29.2 Å². The van der Waals surface area contributed by atoms with Crippen molar-refractivity contribution in [3.8, 4) is 0 Å². The first-order chi connectivity index (χ1) is 9.65. The number of carboxylic acids is 1. The molecule has 5 heteroatoms. The van der Waals surface area contributed by atoms with Gasteiger partial charge in [0, 0.05) is 11.3 Å². The Bertz CT molecular complexity index is 445. The molecule has 0 radical (unpaired) electrons. The van der Waals surface area contributed by atoms with Crippen molar-refractivity contribution in [2.24, 2.45) is 0 Å². The lowest BCUT2D eigenvalue weighted by Crippen LogP contribution is -2.03. The van der Waals surface area contributed by atoms with Crippen LogP contribution in [-0.2, 0) is 9.53 Å². The van der Waals surface area contributed by atoms with Crippen LogP contribution in [0.2, 0.25) is 0 Å². The number of benzene rings is 1. The molecule has 20 heavy (non-hydrogen) atoms. The second kappa shape index (κ2) is 9.42. The highest BCUT2D eigenvalue weighted by atomic mass is 32.2. The quantitative estimate of drug-likeness (QED) is 0.428. The van der Waals surface area contributed by atoms with Crippen LogP contribution in [-0.4, -0.2) is 29.4 Å². The summed E-state index contributed by atoms with van der Waals surface area (Å²) in [6.45, 7) is 2.23. The molecule has 0 unspecified atom stereocenters. The molecular weight excluding hydrogens is 276 g/mol. The summed E-state index contributed by atoms with van der Waals surface area (Å²) in [5.74, 6) is -0.181. The molecule has 4 nitrogen and oxygen atoms in total. The number of rotatable bonds is 9. The first-order valence-electron chi connectivity index (χ1n) is 6.76. The van der Waals surface area contributed by atoms with Crippen LogP contribution < -0.4 is 0 Å². The third-order valence-corrected chi connectivity index (χ3v) is 3.87. The molecule has 0 aromatic heterocycles. The van der Waals surface area contributed by atoms with E-state index in [2.05, 4.69) is 0 Å². The highest BCUT2D eigenvalue weighted by Gasteiger charge is 2.08. The second-order valence-electron chi connectivity index (χ2n) is 4.27. The summed E-state index contributed by atoms with van der Waals surface area (Å²) in [7, 11) is 0. The van der Waals surface area contributed by atoms with E-state index in [4.69, 9.17) is 9.84 Å². The number of ether oxygens (including phenoxy) is 1. The summed E-state index contributed by atoms with van der Waals surface area (Å²) in [4.78, 5) is 22.9. The smallest absolute Gasteiger partial charge is 0.336 e. The fourth-order valence-electron chi connectivity index (χ4n) is 1.73. The Morgan fingerprint density at radius 2 is 1.95 bits per heavy atom. The monoisotopic (exact) mass is 296 g/mol. The van der Waals surface area contributed by atoms with Gasteiger partial charge in [0.1, 0.15) is 0 Å². The molecule has 110 valence electrons. The molecule has 0 atom stereocenters. The Balaban J connectivity index is 2.22. The van der Waals surface area contributed by atoms with E-state index in [1.54, 1.807) is 30.8 Å². The maximum Gasteiger partial charge on any atom is 0.336 e. The lowest BCUT2D eigenvalue weighted by molar-refractivity contribution is -0.143. The standard InChI is InChI=1S/C15H20O4S/c1-2-19-14(16)10-4-3-7-11-20-13-9-6-5-8-12(13)15(17)18/h5-6,8-9H,2-4,7,10-11H2,1H3,(H,17,18). The third kappa shape index (κ3) is 6.10. The first-order valence-corrected chi connectivity index (χ1v) is 7.74. The number of thioether (sulfide) groups is 1. The minimum atomic E-state index is -0.893. The van der Waals surface area contributed by atoms with Crippen LogP contribution in [0.4, 0.5) is 0 Å². The van der Waals surface area contributed by atoms with Gasteiger partial charge in [-0.25, -0.2) is 4.79 Å². The molecule has 0 aliphatic rings. The lowest BCUT2D eigenvalue weighted by Gasteiger charge is -2.05. The molecule has 0 amide bonds. The van der Waals surface area contributed by atoms with Crippen molar-refractivity contribution in [3.63, 3.8) is 0 Å². The van der Waals surface area contributed by atoms with Gasteiger partial charge in [0.25, 0.3) is 0 Å². The molecule has 0 aliphatic heterocycles. The Morgan fingerprint density at radius 1 is 1.20 bits per heavy atom. The zero-order valence-electron chi connectivity index (χ0n) is 11.6. The highest BCUT2D eigenvalue weighted by Crippen LogP contribution is 2.24. The largest absolute Gasteiger partial charge is 0.478 e. The van der Waals surface area contributed by atoms with Crippen LogP contribution in [0.1, 0.15) is 43.0 Å². The Labute approximate surface area is 123 Å². The average Bonchev–Trinajstić information content (AvgIpc) is 2.43. The van der Waals surface area contributed by atoms with Crippen LogP contribution in [0.3, 0.4) is 0 Å². The van der Waals surface area contributed by atoms with Gasteiger partial charge in [-0.2, -0.15) is 0 Å². The van der Waals surface area contributed by atoms with Gasteiger partial charge >= 0.3 is 11.9 Å². The van der Waals surface area contributed by atoms with Crippen molar-refractivity contribution in [1.82, 2.24) is 0 Å². The minimum Gasteiger partial charge on any atom is -0.478 e. The fourth-order valence-corrected chi connectivity index (χ4v) is 2.79. The number of carbonyl (C=O) groups is 2. The normalized spacial score (nSPS) is 10.2. The van der Waals surface area contributed by atoms with Gasteiger partial charge in [-0.1, -0.05) is 18.6 Å². The first kappa shape index (κ1) is 16.6. The van der Waals surface area contributed by atoms with Gasteiger partial charge < -0.3 is 9.84 Å². The molecule has 1 N–H and O–H groups in total. The number of hydrogen-bond donors (Lipinski definition) is 1. The van der Waals surface area contributed by atoms with Gasteiger partial charge in [0.2, 0.25) is 0 Å². The highest BCUT2D eigenvalue weighted by molar-refractivity contribution is 7.99. The van der Waals surface area contributed by atoms with E-state index in [9.17, 15) is 9.59 Å². The van der Waals surface area contributed by atoms with E-state index in [1.807, 2.05) is 12.1 Å². The topological polar surface area (TPSA) is 63.6 Å². The molecule has 0 bridgehead atoms. The van der Waals surface area contributed by atoms with Gasteiger partial charge in [-0.05, 0) is 37.7 Å². The molecule has 0 heterocycles. The van der Waals surface area contributed by atoms with Crippen molar-refractivity contribution < 1.29 is 19.4 Å². The molecule has 0 saturated heterocycles. The molecule has 1 rings (SSSR count). The van der Waals surface area contributed by atoms with Crippen LogP contribution in [0.25, 0.3) is 0 Å². The molecule has 0 spiro atoms. The number of esters is 1. The van der Waals surface area contributed by atoms with E-state index in [0.29, 0.717) is 18.6 Å². The van der Waals surface area contributed by atoms with E-state index in [-0.39, 0.29) is 5.97 Å². The van der Waals surface area contributed by atoms with Gasteiger partial charge in [0.05, 0.1) is 12.2 Å². The Kier molecular flexibility index (Phi) is 7.80. The number of hydrogen-bond acceptors (Lipinski definition) is 4. The van der Waals surface area contributed by atoms with Crippen LogP contribution in [0, 0.1) is 0 Å². The second-order valence-corrected chi connectivity index (χ2v) is 5.40. The minimum absolute atomic E-state index is 0.142. The Morgan fingerprint density at radius 3 is 2.65 bits per heavy atom. The number of carbonyl (C=O) groups excluding carboxylic acids is 1. The average molecular weight is 296 g/mol. The van der Waals surface area contributed by atoms with E-state index in [1.165, 1.54) is 0 Å². The van der Waals surface area contributed by atoms with Gasteiger partial charge in [-0.15, -0.1) is 11.8 Å². The summed E-state index contributed by atoms with van der Waals surface area (Å²) in [5.41, 5.74) is 0.351. The number of aromatic carboxylic acids is 1. The predicted octanol–water partition coefficient (Wildman–Crippen LogP) is 3.60. The molecule has 0 saturated carbocycles. The Hall–Kier alpha value is -1.49. The maximum absolute atomic E-state index is 11.1. The van der Waals surface area contributed by atoms with Crippen molar-refractivity contribution in [2.45, 2.75) is 37.5 Å². The van der Waals surface area contributed by atoms with E-state index < -0.39 is 5.97 Å². The van der Waals surface area contributed by atoms with Crippen molar-refractivity contribution in [1.29, 1.82) is 0 Å². The molecule has 0 aliphatic carbocycles. The fraction of sp³-hybridized carbons (Fsp3) is 0.467. The summed E-state index contributed by atoms with van der Waals surface area (Å²) in [6, 6.07) is 7.01. The van der Waals surface area contributed by atoms with Crippen LogP contribution >= 0.6 is 11.8 Å². The van der Waals surface area contributed by atoms with Gasteiger partial charge in [0.15, 0.2) is 0 Å². The summed E-state index contributed by atoms with van der Waals surface area (Å²) >= 11 is 1.55. The molecule has 1 aromatic rings. The van der Waals surface area contributed by atoms with Gasteiger partial charge in [-0.3, -0.25) is 4.79 Å². The summed E-state index contributed by atoms with van der Waals surface area (Å²) in [6.07, 6.45) is 3.18. The molecular formula is C15H20O4S. The number of carboxylic acid groups (broad SMARTS) is 1. The third-order valence-electron chi connectivity index (χ3n) is 2.71. The number of unbranched alkanes of at least 4 members (excludes halogenated alkanes) is 2. The van der Waals surface area contributed by atoms with Crippen molar-refractivity contribution in [3.05, 3.63) is 29.8 Å². The van der Waals surface area contributed by atoms with Crippen LogP contribution in [0.5, 0.6) is 0 Å². The van der Waals surface area contributed by atoms with E-state index >= 15 is 0 Å². The van der Waals surface area contributed by atoms with E-state index in [0.717, 1.165) is 29.9 Å². The molecule has 1 aromatic carbocycles. The summed E-state index contributed by atoms with van der Waals surface area (Å²) in [5, 5.41) is 9.05. The van der Waals surface area contributed by atoms with Crippen molar-refractivity contribution in [2.75, 3.05) is 12.4 Å². The summed E-state index contributed by atoms with van der Waals surface area (Å²) < 4.78 is 4.85. The SMILES string of the molecule is CCOC(=O)CCCCCSc1ccccc1C(=O)O. The maximum atomic E-state index is 11.1. The molecule has 0 fully saturated rings. The zero-order chi connectivity index (χ0) is 14.8. The zero-order valence-corrected chi connectivity index (χ0v) is 12.4.